The van der Waals surface area contributed by atoms with Gasteiger partial charge in [0.15, 0.2) is 0 Å². The Morgan fingerprint density at radius 1 is 1.24 bits per heavy atom. The van der Waals surface area contributed by atoms with Gasteiger partial charge in [-0.15, -0.1) is 11.3 Å². The molecule has 1 aromatic carbocycles. The van der Waals surface area contributed by atoms with E-state index in [-0.39, 0.29) is 17.9 Å². The summed E-state index contributed by atoms with van der Waals surface area (Å²) < 4.78 is 0. The number of nitrogens with two attached hydrogens (primary N) is 1. The van der Waals surface area contributed by atoms with Gasteiger partial charge in [-0.25, -0.2) is 0 Å². The fourth-order valence-corrected chi connectivity index (χ4v) is 3.29. The average Bonchev–Trinajstić information content (AvgIpc) is 2.90. The van der Waals surface area contributed by atoms with Crippen molar-refractivity contribution in [3.8, 4) is 0 Å². The molecule has 0 aliphatic carbocycles. The third kappa shape index (κ3) is 3.93. The molecule has 0 radical (unpaired) electrons. The molecule has 3 nitrogen and oxygen atoms in total. The van der Waals surface area contributed by atoms with Crippen LogP contribution >= 0.6 is 11.3 Å². The zero-order valence-corrected chi connectivity index (χ0v) is 13.6. The number of aryl methyl sites for hydroxylation is 1. The number of amides is 1. The van der Waals surface area contributed by atoms with Crippen LogP contribution in [0.4, 0.5) is 0 Å². The molecule has 2 atom stereocenters. The van der Waals surface area contributed by atoms with Gasteiger partial charge in [0.2, 0.25) is 5.91 Å². The van der Waals surface area contributed by atoms with Gasteiger partial charge in [-0.05, 0) is 24.6 Å². The maximum Gasteiger partial charge on any atom is 0.227 e. The normalized spacial score (nSPS) is 13.7. The number of carbonyl (C=O) groups is 1. The zero-order chi connectivity index (χ0) is 15.4. The van der Waals surface area contributed by atoms with Gasteiger partial charge in [0, 0.05) is 22.8 Å². The predicted molar refractivity (Wildman–Crippen MR) is 88.1 cm³/mol. The first-order valence-electron chi connectivity index (χ1n) is 7.10. The predicted octanol–water partition coefficient (Wildman–Crippen LogP) is 3.35. The van der Waals surface area contributed by atoms with Crippen molar-refractivity contribution in [2.24, 2.45) is 11.7 Å². The zero-order valence-electron chi connectivity index (χ0n) is 12.7. The van der Waals surface area contributed by atoms with Crippen molar-refractivity contribution in [1.29, 1.82) is 0 Å². The lowest BCUT2D eigenvalue weighted by atomic mass is 9.94. The smallest absolute Gasteiger partial charge is 0.227 e. The lowest BCUT2D eigenvalue weighted by Crippen LogP contribution is -2.36. The van der Waals surface area contributed by atoms with Crippen molar-refractivity contribution >= 4 is 17.2 Å². The van der Waals surface area contributed by atoms with Crippen LogP contribution in [0.25, 0.3) is 0 Å². The minimum atomic E-state index is -0.272. The standard InChI is InChI=1S/C17H22N2OS/c1-12-9-10-15(21-12)11-19(3)17(20)13(2)16(18)14-7-5-4-6-8-14/h4-10,13,16H,11,18H2,1-3H3. The fraction of sp³-hybridized carbons (Fsp3) is 0.353. The van der Waals surface area contributed by atoms with Crippen LogP contribution < -0.4 is 5.73 Å². The number of thiophene rings is 1. The summed E-state index contributed by atoms with van der Waals surface area (Å²) in [5, 5.41) is 0. The molecule has 112 valence electrons. The van der Waals surface area contributed by atoms with E-state index in [1.807, 2.05) is 44.3 Å². The lowest BCUT2D eigenvalue weighted by molar-refractivity contribution is -0.134. The number of carbonyl (C=O) groups excluding carboxylic acids is 1. The SMILES string of the molecule is Cc1ccc(CN(C)C(=O)C(C)C(N)c2ccccc2)s1. The maximum absolute atomic E-state index is 12.5. The topological polar surface area (TPSA) is 46.3 Å². The van der Waals surface area contributed by atoms with Crippen molar-refractivity contribution in [2.45, 2.75) is 26.4 Å². The van der Waals surface area contributed by atoms with E-state index in [0.717, 1.165) is 5.56 Å². The van der Waals surface area contributed by atoms with Gasteiger partial charge >= 0.3 is 0 Å². The van der Waals surface area contributed by atoms with Crippen molar-refractivity contribution in [1.82, 2.24) is 4.90 Å². The first-order chi connectivity index (χ1) is 9.99. The molecule has 2 rings (SSSR count). The van der Waals surface area contributed by atoms with Gasteiger partial charge in [-0.2, -0.15) is 0 Å². The van der Waals surface area contributed by atoms with Gasteiger partial charge in [-0.3, -0.25) is 4.79 Å². The summed E-state index contributed by atoms with van der Waals surface area (Å²) in [4.78, 5) is 16.7. The van der Waals surface area contributed by atoms with Crippen LogP contribution in [-0.2, 0) is 11.3 Å². The van der Waals surface area contributed by atoms with Crippen molar-refractivity contribution < 1.29 is 4.79 Å². The second kappa shape index (κ2) is 6.87. The first kappa shape index (κ1) is 15.7. The Morgan fingerprint density at radius 2 is 1.90 bits per heavy atom. The van der Waals surface area contributed by atoms with E-state index < -0.39 is 0 Å². The summed E-state index contributed by atoms with van der Waals surface area (Å²) in [5.41, 5.74) is 7.23. The highest BCUT2D eigenvalue weighted by Crippen LogP contribution is 2.22. The Labute approximate surface area is 130 Å². The van der Waals surface area contributed by atoms with E-state index in [0.29, 0.717) is 6.54 Å². The van der Waals surface area contributed by atoms with Crippen LogP contribution in [0.3, 0.4) is 0 Å². The number of benzene rings is 1. The molecule has 0 aliphatic heterocycles. The summed E-state index contributed by atoms with van der Waals surface area (Å²) in [6.45, 7) is 4.61. The molecule has 2 unspecified atom stereocenters. The van der Waals surface area contributed by atoms with E-state index >= 15 is 0 Å². The summed E-state index contributed by atoms with van der Waals surface area (Å²) in [6, 6.07) is 13.7. The highest BCUT2D eigenvalue weighted by atomic mass is 32.1. The van der Waals surface area contributed by atoms with Crippen molar-refractivity contribution in [3.63, 3.8) is 0 Å². The Balaban J connectivity index is 2.01. The molecule has 21 heavy (non-hydrogen) atoms. The third-order valence-corrected chi connectivity index (χ3v) is 4.66. The second-order valence-electron chi connectivity index (χ2n) is 5.43. The molecule has 0 saturated carbocycles. The molecule has 1 amide bonds. The van der Waals surface area contributed by atoms with Crippen molar-refractivity contribution in [3.05, 3.63) is 57.8 Å². The molecule has 2 aromatic rings. The molecule has 0 fully saturated rings. The Kier molecular flexibility index (Phi) is 5.15. The van der Waals surface area contributed by atoms with E-state index in [1.54, 1.807) is 16.2 Å². The third-order valence-electron chi connectivity index (χ3n) is 3.68. The van der Waals surface area contributed by atoms with Crippen molar-refractivity contribution in [2.75, 3.05) is 7.05 Å². The molecule has 1 heterocycles. The van der Waals surface area contributed by atoms with Gasteiger partial charge in [0.05, 0.1) is 12.5 Å². The minimum Gasteiger partial charge on any atom is -0.340 e. The first-order valence-corrected chi connectivity index (χ1v) is 7.91. The molecule has 0 bridgehead atoms. The number of nitrogens with zero attached hydrogens (tertiary/aromatic N) is 1. The Bertz CT molecular complexity index is 594. The molecular weight excluding hydrogens is 280 g/mol. The van der Waals surface area contributed by atoms with Crippen LogP contribution in [0.2, 0.25) is 0 Å². The Hall–Kier alpha value is -1.65. The molecule has 0 saturated heterocycles. The average molecular weight is 302 g/mol. The van der Waals surface area contributed by atoms with Crippen LogP contribution in [0, 0.1) is 12.8 Å². The minimum absolute atomic E-state index is 0.0809. The van der Waals surface area contributed by atoms with E-state index in [2.05, 4.69) is 19.1 Å². The van der Waals surface area contributed by atoms with E-state index in [9.17, 15) is 4.79 Å². The second-order valence-corrected chi connectivity index (χ2v) is 6.80. The fourth-order valence-electron chi connectivity index (χ4n) is 2.35. The highest BCUT2D eigenvalue weighted by Gasteiger charge is 2.25. The lowest BCUT2D eigenvalue weighted by Gasteiger charge is -2.25. The summed E-state index contributed by atoms with van der Waals surface area (Å²) in [6.07, 6.45) is 0. The van der Waals surface area contributed by atoms with Gasteiger partial charge in [-0.1, -0.05) is 37.3 Å². The molecule has 0 aliphatic rings. The Morgan fingerprint density at radius 3 is 2.48 bits per heavy atom. The van der Waals surface area contributed by atoms with Crippen LogP contribution in [0.5, 0.6) is 0 Å². The number of hydrogen-bond acceptors (Lipinski definition) is 3. The van der Waals surface area contributed by atoms with Gasteiger partial charge in [0.1, 0.15) is 0 Å². The van der Waals surface area contributed by atoms with E-state index in [1.165, 1.54) is 9.75 Å². The van der Waals surface area contributed by atoms with Crippen LogP contribution in [0.1, 0.15) is 28.3 Å². The summed E-state index contributed by atoms with van der Waals surface area (Å²) in [7, 11) is 1.84. The largest absolute Gasteiger partial charge is 0.340 e. The summed E-state index contributed by atoms with van der Waals surface area (Å²) >= 11 is 1.72. The quantitative estimate of drug-likeness (QED) is 0.920. The van der Waals surface area contributed by atoms with Gasteiger partial charge in [0.25, 0.3) is 0 Å². The summed E-state index contributed by atoms with van der Waals surface area (Å²) in [5.74, 6) is -0.157. The van der Waals surface area contributed by atoms with Crippen LogP contribution in [0.15, 0.2) is 42.5 Å². The molecule has 0 spiro atoms. The molecular formula is C17H22N2OS. The maximum atomic E-state index is 12.5. The number of hydrogen-bond donors (Lipinski definition) is 1. The molecule has 2 N–H and O–H groups in total. The van der Waals surface area contributed by atoms with Gasteiger partial charge < -0.3 is 10.6 Å². The molecule has 1 aromatic heterocycles. The highest BCUT2D eigenvalue weighted by molar-refractivity contribution is 7.11. The van der Waals surface area contributed by atoms with Crippen LogP contribution in [-0.4, -0.2) is 17.9 Å². The molecule has 4 heteroatoms. The van der Waals surface area contributed by atoms with E-state index in [4.69, 9.17) is 5.73 Å². The number of rotatable bonds is 5. The monoisotopic (exact) mass is 302 g/mol.